The number of amides is 1. The first kappa shape index (κ1) is 20.6. The summed E-state index contributed by atoms with van der Waals surface area (Å²) in [7, 11) is 0. The van der Waals surface area contributed by atoms with E-state index >= 15 is 0 Å². The highest BCUT2D eigenvalue weighted by atomic mass is 16.5. The molecule has 1 fully saturated rings. The van der Waals surface area contributed by atoms with Crippen LogP contribution in [0.15, 0.2) is 24.3 Å². The van der Waals surface area contributed by atoms with Crippen LogP contribution in [0.4, 0.5) is 5.82 Å². The number of hydrogen-bond acceptors (Lipinski definition) is 6. The second-order valence-electron chi connectivity index (χ2n) is 7.92. The maximum atomic E-state index is 13.0. The molecule has 1 aromatic carbocycles. The second kappa shape index (κ2) is 8.97. The Bertz CT molecular complexity index is 1040. The topological polar surface area (TPSA) is 104 Å². The van der Waals surface area contributed by atoms with E-state index in [0.29, 0.717) is 42.2 Å². The van der Waals surface area contributed by atoms with Crippen molar-refractivity contribution in [2.24, 2.45) is 0 Å². The molecule has 3 aromatic rings. The van der Waals surface area contributed by atoms with E-state index in [1.807, 2.05) is 42.7 Å². The number of hydrogen-bond donors (Lipinski definition) is 2. The zero-order valence-electron chi connectivity index (χ0n) is 17.6. The first-order valence-corrected chi connectivity index (χ1v) is 10.6. The summed E-state index contributed by atoms with van der Waals surface area (Å²) < 4.78 is 13.2. The van der Waals surface area contributed by atoms with Gasteiger partial charge in [-0.15, -0.1) is 0 Å². The number of rotatable bonds is 8. The average Bonchev–Trinajstić information content (AvgIpc) is 3.33. The molecule has 30 heavy (non-hydrogen) atoms. The molecule has 1 atom stereocenters. The predicted molar refractivity (Wildman–Crippen MR) is 116 cm³/mol. The Morgan fingerprint density at radius 2 is 2.10 bits per heavy atom. The zero-order chi connectivity index (χ0) is 21.1. The van der Waals surface area contributed by atoms with Gasteiger partial charge in [0.25, 0.3) is 5.91 Å². The number of carbonyl (C=O) groups excluding carboxylic acids is 1. The number of nitrogen functional groups attached to an aromatic ring is 1. The van der Waals surface area contributed by atoms with Crippen molar-refractivity contribution < 1.29 is 14.3 Å². The van der Waals surface area contributed by atoms with E-state index in [9.17, 15) is 4.79 Å². The minimum Gasteiger partial charge on any atom is -0.384 e. The fourth-order valence-electron chi connectivity index (χ4n) is 3.80. The first-order chi connectivity index (χ1) is 14.5. The number of nitrogens with zero attached hydrogens (tertiary/aromatic N) is 3. The summed E-state index contributed by atoms with van der Waals surface area (Å²) in [5, 5.41) is 2.95. The van der Waals surface area contributed by atoms with Gasteiger partial charge in [-0.1, -0.05) is 12.1 Å². The lowest BCUT2D eigenvalue weighted by Gasteiger charge is -2.13. The van der Waals surface area contributed by atoms with Gasteiger partial charge in [0.1, 0.15) is 16.9 Å². The fraction of sp³-hybridized carbons (Fsp3) is 0.500. The number of para-hydroxylation sites is 2. The number of carbonyl (C=O) groups is 1. The number of benzene rings is 1. The van der Waals surface area contributed by atoms with E-state index in [1.165, 1.54) is 0 Å². The van der Waals surface area contributed by atoms with Crippen LogP contribution in [0.2, 0.25) is 0 Å². The molecule has 160 valence electrons. The van der Waals surface area contributed by atoms with Crippen LogP contribution in [-0.4, -0.2) is 52.4 Å². The summed E-state index contributed by atoms with van der Waals surface area (Å²) in [5.41, 5.74) is 9.51. The van der Waals surface area contributed by atoms with Crippen molar-refractivity contribution in [2.75, 3.05) is 25.5 Å². The Hall–Kier alpha value is -2.71. The minimum atomic E-state index is -0.238. The molecule has 3 heterocycles. The molecule has 4 rings (SSSR count). The highest BCUT2D eigenvalue weighted by molar-refractivity contribution is 6.10. The molecule has 0 saturated carbocycles. The SMILES string of the molecule is CC(C)OCCCNC(=O)c1c(N)n(C[C@@H]2CCCO2)c2nc3ccccc3nc12. The number of aromatic nitrogens is 3. The van der Waals surface area contributed by atoms with Crippen molar-refractivity contribution >= 4 is 33.9 Å². The van der Waals surface area contributed by atoms with Crippen LogP contribution in [-0.2, 0) is 16.0 Å². The number of anilines is 1. The summed E-state index contributed by atoms with van der Waals surface area (Å²) in [6.45, 7) is 6.40. The smallest absolute Gasteiger partial charge is 0.257 e. The quantitative estimate of drug-likeness (QED) is 0.552. The summed E-state index contributed by atoms with van der Waals surface area (Å²) in [5.74, 6) is 0.143. The molecular weight excluding hydrogens is 382 g/mol. The van der Waals surface area contributed by atoms with Crippen LogP contribution < -0.4 is 11.1 Å². The lowest BCUT2D eigenvalue weighted by atomic mass is 10.2. The summed E-state index contributed by atoms with van der Waals surface area (Å²) >= 11 is 0. The molecule has 1 amide bonds. The van der Waals surface area contributed by atoms with Gasteiger partial charge in [-0.05, 0) is 45.2 Å². The molecule has 2 aromatic heterocycles. The fourth-order valence-corrected chi connectivity index (χ4v) is 3.80. The van der Waals surface area contributed by atoms with Crippen molar-refractivity contribution in [1.29, 1.82) is 0 Å². The summed E-state index contributed by atoms with van der Waals surface area (Å²) in [4.78, 5) is 22.5. The van der Waals surface area contributed by atoms with Crippen molar-refractivity contribution in [2.45, 2.75) is 51.9 Å². The van der Waals surface area contributed by atoms with Gasteiger partial charge in [0.15, 0.2) is 5.65 Å². The molecular formula is C22H29N5O3. The molecule has 1 aliphatic rings. The number of ether oxygens (including phenoxy) is 2. The van der Waals surface area contributed by atoms with Gasteiger partial charge in [-0.2, -0.15) is 0 Å². The second-order valence-corrected chi connectivity index (χ2v) is 7.92. The van der Waals surface area contributed by atoms with Crippen LogP contribution in [0.5, 0.6) is 0 Å². The van der Waals surface area contributed by atoms with Crippen molar-refractivity contribution in [3.8, 4) is 0 Å². The third kappa shape index (κ3) is 4.24. The Balaban J connectivity index is 1.66. The molecule has 0 unspecified atom stereocenters. The van der Waals surface area contributed by atoms with Crippen LogP contribution in [0.3, 0.4) is 0 Å². The summed E-state index contributed by atoms with van der Waals surface area (Å²) in [6, 6.07) is 7.63. The minimum absolute atomic E-state index is 0.0697. The highest BCUT2D eigenvalue weighted by Gasteiger charge is 2.26. The monoisotopic (exact) mass is 411 g/mol. The van der Waals surface area contributed by atoms with Crippen molar-refractivity contribution in [3.05, 3.63) is 29.8 Å². The molecule has 8 heteroatoms. The Morgan fingerprint density at radius 1 is 1.33 bits per heavy atom. The van der Waals surface area contributed by atoms with E-state index in [0.717, 1.165) is 36.9 Å². The Kier molecular flexibility index (Phi) is 6.15. The van der Waals surface area contributed by atoms with Crippen LogP contribution in [0, 0.1) is 0 Å². The third-order valence-corrected chi connectivity index (χ3v) is 5.29. The molecule has 0 bridgehead atoms. The Labute approximate surface area is 175 Å². The summed E-state index contributed by atoms with van der Waals surface area (Å²) in [6.07, 6.45) is 2.98. The number of fused-ring (bicyclic) bond motifs is 2. The first-order valence-electron chi connectivity index (χ1n) is 10.6. The molecule has 3 N–H and O–H groups in total. The zero-order valence-corrected chi connectivity index (χ0v) is 17.6. The molecule has 0 spiro atoms. The van der Waals surface area contributed by atoms with E-state index < -0.39 is 0 Å². The lowest BCUT2D eigenvalue weighted by Crippen LogP contribution is -2.26. The molecule has 1 saturated heterocycles. The number of nitrogens with two attached hydrogens (primary N) is 1. The van der Waals surface area contributed by atoms with Crippen LogP contribution in [0.1, 0.15) is 43.5 Å². The van der Waals surface area contributed by atoms with E-state index in [2.05, 4.69) is 5.32 Å². The van der Waals surface area contributed by atoms with Crippen molar-refractivity contribution in [3.63, 3.8) is 0 Å². The van der Waals surface area contributed by atoms with Gasteiger partial charge < -0.3 is 25.1 Å². The standard InChI is InChI=1S/C22H29N5O3/c1-14(2)29-12-6-10-24-22(28)18-19-21(26-17-9-4-3-8-16(17)25-19)27(20(18)23)13-15-7-5-11-30-15/h3-4,8-9,14-15H,5-7,10-13,23H2,1-2H3,(H,24,28)/t15-/m0/s1. The van der Waals surface area contributed by atoms with Gasteiger partial charge in [-0.25, -0.2) is 9.97 Å². The Morgan fingerprint density at radius 3 is 2.80 bits per heavy atom. The lowest BCUT2D eigenvalue weighted by molar-refractivity contribution is 0.0757. The van der Waals surface area contributed by atoms with E-state index in [4.69, 9.17) is 25.2 Å². The van der Waals surface area contributed by atoms with Gasteiger partial charge in [0.2, 0.25) is 0 Å². The molecule has 0 radical (unpaired) electrons. The maximum Gasteiger partial charge on any atom is 0.257 e. The van der Waals surface area contributed by atoms with Crippen LogP contribution >= 0.6 is 0 Å². The van der Waals surface area contributed by atoms with Gasteiger partial charge in [-0.3, -0.25) is 4.79 Å². The molecule has 1 aliphatic heterocycles. The van der Waals surface area contributed by atoms with E-state index in [1.54, 1.807) is 0 Å². The van der Waals surface area contributed by atoms with Crippen LogP contribution in [0.25, 0.3) is 22.2 Å². The highest BCUT2D eigenvalue weighted by Crippen LogP contribution is 2.29. The van der Waals surface area contributed by atoms with Gasteiger partial charge in [0, 0.05) is 19.8 Å². The van der Waals surface area contributed by atoms with Gasteiger partial charge >= 0.3 is 0 Å². The maximum absolute atomic E-state index is 13.0. The van der Waals surface area contributed by atoms with E-state index in [-0.39, 0.29) is 18.1 Å². The number of nitrogens with one attached hydrogen (secondary N) is 1. The molecule has 0 aliphatic carbocycles. The van der Waals surface area contributed by atoms with Crippen molar-refractivity contribution in [1.82, 2.24) is 19.9 Å². The largest absolute Gasteiger partial charge is 0.384 e. The predicted octanol–water partition coefficient (Wildman–Crippen LogP) is 2.89. The normalized spacial score (nSPS) is 16.7. The van der Waals surface area contributed by atoms with Gasteiger partial charge in [0.05, 0.1) is 29.8 Å². The molecule has 8 nitrogen and oxygen atoms in total. The average molecular weight is 412 g/mol. The third-order valence-electron chi connectivity index (χ3n) is 5.29.